The first kappa shape index (κ1) is 9.35. The van der Waals surface area contributed by atoms with Gasteiger partial charge in [0.15, 0.2) is 0 Å². The van der Waals surface area contributed by atoms with Crippen LogP contribution in [0.2, 0.25) is 5.02 Å². The number of benzene rings is 2. The zero-order chi connectivity index (χ0) is 9.97. The van der Waals surface area contributed by atoms with Crippen LogP contribution in [0.15, 0.2) is 48.5 Å². The van der Waals surface area contributed by atoms with Crippen molar-refractivity contribution < 1.29 is 0 Å². The van der Waals surface area contributed by atoms with Crippen molar-refractivity contribution >= 4 is 24.9 Å². The van der Waals surface area contributed by atoms with Crippen LogP contribution in [0.3, 0.4) is 0 Å². The molecule has 0 unspecified atom stereocenters. The molecular formula is C12H10BCl. The van der Waals surface area contributed by atoms with Gasteiger partial charge in [0.2, 0.25) is 0 Å². The molecule has 0 aliphatic rings. The summed E-state index contributed by atoms with van der Waals surface area (Å²) in [7, 11) is 2.09. The molecule has 0 aromatic heterocycles. The fraction of sp³-hybridized carbons (Fsp3) is 0. The van der Waals surface area contributed by atoms with Gasteiger partial charge in [0.1, 0.15) is 7.85 Å². The molecule has 14 heavy (non-hydrogen) atoms. The average Bonchev–Trinajstić information content (AvgIpc) is 2.21. The van der Waals surface area contributed by atoms with E-state index >= 15 is 0 Å². The van der Waals surface area contributed by atoms with Crippen LogP contribution in [0.5, 0.6) is 0 Å². The van der Waals surface area contributed by atoms with E-state index < -0.39 is 0 Å². The van der Waals surface area contributed by atoms with Gasteiger partial charge in [0.05, 0.1) is 0 Å². The second-order valence-corrected chi connectivity index (χ2v) is 3.81. The molecule has 68 valence electrons. The maximum atomic E-state index is 5.82. The molecule has 0 bridgehead atoms. The summed E-state index contributed by atoms with van der Waals surface area (Å²) in [6, 6.07) is 16.4. The van der Waals surface area contributed by atoms with Crippen molar-refractivity contribution in [3.63, 3.8) is 0 Å². The predicted molar refractivity (Wildman–Crippen MR) is 65.1 cm³/mol. The van der Waals surface area contributed by atoms with Crippen molar-refractivity contribution in [2.24, 2.45) is 0 Å². The lowest BCUT2D eigenvalue weighted by Crippen LogP contribution is -1.98. The van der Waals surface area contributed by atoms with Gasteiger partial charge in [-0.15, -0.1) is 0 Å². The summed E-state index contributed by atoms with van der Waals surface area (Å²) >= 11 is 5.82. The molecule has 0 amide bonds. The molecule has 2 heteroatoms. The predicted octanol–water partition coefficient (Wildman–Crippen LogP) is 2.27. The number of halogens is 1. The smallest absolute Gasteiger partial charge is 0.0889 e. The molecule has 0 radical (unpaired) electrons. The van der Waals surface area contributed by atoms with Gasteiger partial charge in [-0.1, -0.05) is 53.5 Å². The SMILES string of the molecule is Bc1ccc(-c2ccc(Cl)cc2)cc1. The maximum Gasteiger partial charge on any atom is 0.139 e. The van der Waals surface area contributed by atoms with E-state index in [-0.39, 0.29) is 0 Å². The molecule has 2 rings (SSSR count). The number of hydrogen-bond donors (Lipinski definition) is 0. The molecule has 0 nitrogen and oxygen atoms in total. The highest BCUT2D eigenvalue weighted by atomic mass is 35.5. The lowest BCUT2D eigenvalue weighted by Gasteiger charge is -2.01. The van der Waals surface area contributed by atoms with E-state index in [1.54, 1.807) is 0 Å². The molecule has 2 aromatic carbocycles. The van der Waals surface area contributed by atoms with E-state index in [1.165, 1.54) is 16.6 Å². The Morgan fingerprint density at radius 1 is 0.714 bits per heavy atom. The summed E-state index contributed by atoms with van der Waals surface area (Å²) in [4.78, 5) is 0. The summed E-state index contributed by atoms with van der Waals surface area (Å²) < 4.78 is 0. The van der Waals surface area contributed by atoms with Crippen LogP contribution in [-0.2, 0) is 0 Å². The summed E-state index contributed by atoms with van der Waals surface area (Å²) in [6.07, 6.45) is 0. The maximum absolute atomic E-state index is 5.82. The fourth-order valence-corrected chi connectivity index (χ4v) is 1.51. The Morgan fingerprint density at radius 2 is 1.14 bits per heavy atom. The fourth-order valence-electron chi connectivity index (χ4n) is 1.39. The summed E-state index contributed by atoms with van der Waals surface area (Å²) in [5.74, 6) is 0. The zero-order valence-electron chi connectivity index (χ0n) is 8.00. The van der Waals surface area contributed by atoms with E-state index in [9.17, 15) is 0 Å². The highest BCUT2D eigenvalue weighted by Gasteiger charge is 1.96. The van der Waals surface area contributed by atoms with Gasteiger partial charge in [-0.3, -0.25) is 0 Å². The minimum absolute atomic E-state index is 0.779. The molecule has 0 fully saturated rings. The molecule has 0 saturated heterocycles. The van der Waals surface area contributed by atoms with Gasteiger partial charge < -0.3 is 0 Å². The zero-order valence-corrected chi connectivity index (χ0v) is 8.75. The van der Waals surface area contributed by atoms with Crippen LogP contribution in [0.25, 0.3) is 11.1 Å². The van der Waals surface area contributed by atoms with Crippen molar-refractivity contribution in [2.45, 2.75) is 0 Å². The first-order valence-corrected chi connectivity index (χ1v) is 4.96. The van der Waals surface area contributed by atoms with Crippen LogP contribution in [-0.4, -0.2) is 7.85 Å². The Balaban J connectivity index is 2.40. The van der Waals surface area contributed by atoms with E-state index in [0.717, 1.165) is 5.02 Å². The monoisotopic (exact) mass is 200 g/mol. The summed E-state index contributed by atoms with van der Waals surface area (Å²) in [5, 5.41) is 0.779. The van der Waals surface area contributed by atoms with Crippen molar-refractivity contribution in [3.8, 4) is 11.1 Å². The minimum atomic E-state index is 0.779. The van der Waals surface area contributed by atoms with Crippen molar-refractivity contribution in [3.05, 3.63) is 53.6 Å². The largest absolute Gasteiger partial charge is 0.139 e. The normalized spacial score (nSPS) is 10.1. The highest BCUT2D eigenvalue weighted by molar-refractivity contribution is 6.32. The molecule has 0 heterocycles. The Morgan fingerprint density at radius 3 is 1.64 bits per heavy atom. The van der Waals surface area contributed by atoms with Gasteiger partial charge in [-0.05, 0) is 23.3 Å². The van der Waals surface area contributed by atoms with E-state index in [2.05, 4.69) is 32.1 Å². The molecule has 0 aliphatic heterocycles. The first-order chi connectivity index (χ1) is 6.75. The highest BCUT2D eigenvalue weighted by Crippen LogP contribution is 2.20. The van der Waals surface area contributed by atoms with E-state index in [1.807, 2.05) is 24.3 Å². The number of rotatable bonds is 1. The molecular weight excluding hydrogens is 190 g/mol. The third kappa shape index (κ3) is 1.99. The van der Waals surface area contributed by atoms with Gasteiger partial charge in [0, 0.05) is 5.02 Å². The Bertz CT molecular complexity index is 374. The van der Waals surface area contributed by atoms with Gasteiger partial charge in [-0.25, -0.2) is 0 Å². The van der Waals surface area contributed by atoms with Gasteiger partial charge >= 0.3 is 0 Å². The van der Waals surface area contributed by atoms with Gasteiger partial charge in [0.25, 0.3) is 0 Å². The molecule has 2 aromatic rings. The minimum Gasteiger partial charge on any atom is -0.0889 e. The molecule has 0 atom stereocenters. The van der Waals surface area contributed by atoms with Crippen LogP contribution >= 0.6 is 11.6 Å². The summed E-state index contributed by atoms with van der Waals surface area (Å²) in [6.45, 7) is 0. The van der Waals surface area contributed by atoms with Crippen molar-refractivity contribution in [1.29, 1.82) is 0 Å². The Kier molecular flexibility index (Phi) is 2.60. The third-order valence-corrected chi connectivity index (χ3v) is 2.48. The van der Waals surface area contributed by atoms with E-state index in [4.69, 9.17) is 11.6 Å². The van der Waals surface area contributed by atoms with Crippen LogP contribution in [0.1, 0.15) is 0 Å². The Labute approximate surface area is 89.9 Å². The first-order valence-electron chi connectivity index (χ1n) is 4.58. The average molecular weight is 200 g/mol. The standard InChI is InChI=1S/C12H10BCl/c13-11-5-1-9(2-6-11)10-3-7-12(14)8-4-10/h1-8H,13H2. The lowest BCUT2D eigenvalue weighted by molar-refractivity contribution is 1.63. The van der Waals surface area contributed by atoms with Crippen molar-refractivity contribution in [2.75, 3.05) is 0 Å². The molecule has 0 saturated carbocycles. The summed E-state index contributed by atoms with van der Waals surface area (Å²) in [5.41, 5.74) is 3.71. The van der Waals surface area contributed by atoms with Crippen LogP contribution in [0, 0.1) is 0 Å². The Hall–Kier alpha value is -1.21. The third-order valence-electron chi connectivity index (χ3n) is 2.23. The number of hydrogen-bond acceptors (Lipinski definition) is 0. The topological polar surface area (TPSA) is 0 Å². The van der Waals surface area contributed by atoms with Crippen molar-refractivity contribution in [1.82, 2.24) is 0 Å². The molecule has 0 N–H and O–H groups in total. The van der Waals surface area contributed by atoms with Crippen LogP contribution in [0.4, 0.5) is 0 Å². The van der Waals surface area contributed by atoms with Crippen LogP contribution < -0.4 is 5.46 Å². The van der Waals surface area contributed by atoms with E-state index in [0.29, 0.717) is 0 Å². The lowest BCUT2D eigenvalue weighted by atomic mass is 9.94. The molecule has 0 aliphatic carbocycles. The quantitative estimate of drug-likeness (QED) is 0.620. The molecule has 0 spiro atoms. The second-order valence-electron chi connectivity index (χ2n) is 3.37. The second kappa shape index (κ2) is 3.89. The van der Waals surface area contributed by atoms with Gasteiger partial charge in [-0.2, -0.15) is 0 Å².